The number of alkyl halides is 13. The summed E-state index contributed by atoms with van der Waals surface area (Å²) in [5.41, 5.74) is 1.20. The number of benzene rings is 1. The van der Waals surface area contributed by atoms with Crippen LogP contribution in [0, 0.1) is 6.92 Å². The van der Waals surface area contributed by atoms with Gasteiger partial charge in [-0.1, -0.05) is 17.7 Å². The molecule has 0 aliphatic rings. The summed E-state index contributed by atoms with van der Waals surface area (Å²) < 4.78 is 205. The van der Waals surface area contributed by atoms with Crippen molar-refractivity contribution in [2.75, 3.05) is 18.8 Å². The van der Waals surface area contributed by atoms with Crippen LogP contribution in [0.4, 0.5) is 57.1 Å². The molecule has 1 aromatic rings. The summed E-state index contributed by atoms with van der Waals surface area (Å²) >= 11 is 0. The number of sulfone groups is 2. The second kappa shape index (κ2) is 12.0. The van der Waals surface area contributed by atoms with Crippen molar-refractivity contribution >= 4 is 30.5 Å². The van der Waals surface area contributed by atoms with Gasteiger partial charge in [-0.05, 0) is 19.1 Å². The molecule has 1 rings (SSSR count). The normalized spacial score (nSPS) is 14.8. The molecule has 0 fully saturated rings. The van der Waals surface area contributed by atoms with Crippen LogP contribution in [-0.4, -0.2) is 74.8 Å². The van der Waals surface area contributed by atoms with Gasteiger partial charge in [0.15, 0.2) is 0 Å². The van der Waals surface area contributed by atoms with Crippen LogP contribution in [0.15, 0.2) is 29.2 Å². The van der Waals surface area contributed by atoms with E-state index in [2.05, 4.69) is 0 Å². The second-order valence-electron chi connectivity index (χ2n) is 6.84. The first-order chi connectivity index (χ1) is 15.9. The van der Waals surface area contributed by atoms with Crippen LogP contribution in [0.2, 0.25) is 0 Å². The lowest BCUT2D eigenvalue weighted by atomic mass is 10.1. The number of halogens is 13. The highest BCUT2D eigenvalue weighted by Crippen LogP contribution is 2.54. The summed E-state index contributed by atoms with van der Waals surface area (Å²) in [7, 11) is -12.0. The van der Waals surface area contributed by atoms with Gasteiger partial charge in [0.1, 0.15) is 0 Å². The summed E-state index contributed by atoms with van der Waals surface area (Å²) in [5, 5.41) is -11.5. The van der Waals surface area contributed by atoms with Crippen molar-refractivity contribution in [2.24, 2.45) is 0 Å². The molecule has 21 heteroatoms. The Balaban J connectivity index is 0. The molecule has 5 nitrogen and oxygen atoms in total. The fourth-order valence-corrected chi connectivity index (χ4v) is 2.92. The van der Waals surface area contributed by atoms with Gasteiger partial charge in [0.2, 0.25) is 19.7 Å². The molecule has 0 radical (unpaired) electrons. The Kier molecular flexibility index (Phi) is 12.2. The van der Waals surface area contributed by atoms with Crippen molar-refractivity contribution < 1.29 is 78.1 Å². The molecule has 220 valence electrons. The van der Waals surface area contributed by atoms with Crippen LogP contribution in [0.1, 0.15) is 5.56 Å². The van der Waals surface area contributed by atoms with E-state index in [0.29, 0.717) is 0 Å². The lowest BCUT2D eigenvalue weighted by Gasteiger charge is -2.32. The van der Waals surface area contributed by atoms with E-state index in [4.69, 9.17) is 0 Å². The van der Waals surface area contributed by atoms with Crippen molar-refractivity contribution in [2.45, 2.75) is 46.8 Å². The lowest BCUT2D eigenvalue weighted by molar-refractivity contribution is -0.382. The largest absolute Gasteiger partial charge is 0.460 e. The minimum absolute atomic E-state index is 0.0547. The Bertz CT molecular complexity index is 1130. The van der Waals surface area contributed by atoms with Gasteiger partial charge in [-0.3, -0.25) is 4.21 Å². The van der Waals surface area contributed by atoms with Gasteiger partial charge in [-0.25, -0.2) is 25.6 Å². The number of rotatable bonds is 6. The molecule has 0 saturated heterocycles. The van der Waals surface area contributed by atoms with Crippen molar-refractivity contribution in [3.63, 3.8) is 0 Å². The van der Waals surface area contributed by atoms with E-state index in [0.717, 1.165) is 4.90 Å². The third kappa shape index (κ3) is 8.96. The molecule has 0 aliphatic carbocycles. The third-order valence-corrected chi connectivity index (χ3v) is 6.97. The Labute approximate surface area is 204 Å². The SMILES string of the molecule is CS(=O)(=O)C(F)(F)C(F)(F)C(F)(F)C(F)(F)F.CS(=O)(=O)C(F)(F)C(F)F.Cc1ccc(S(C)=O)cc1. The van der Waals surface area contributed by atoms with Gasteiger partial charge in [0.05, 0.1) is 0 Å². The summed E-state index contributed by atoms with van der Waals surface area (Å²) in [4.78, 5) is 0.894. The molecule has 0 spiro atoms. The third-order valence-electron chi connectivity index (χ3n) is 3.68. The van der Waals surface area contributed by atoms with E-state index in [1.165, 1.54) is 5.56 Å². The molecular formula is C16H17F13O5S3. The van der Waals surface area contributed by atoms with Crippen LogP contribution in [0.25, 0.3) is 0 Å². The minimum Gasteiger partial charge on any atom is -0.255 e. The number of hydrogen-bond acceptors (Lipinski definition) is 5. The summed E-state index contributed by atoms with van der Waals surface area (Å²) in [6.07, 6.45) is -10.0. The average Bonchev–Trinajstić information content (AvgIpc) is 2.66. The monoisotopic (exact) mass is 632 g/mol. The maximum atomic E-state index is 12.4. The Morgan fingerprint density at radius 2 is 1.05 bits per heavy atom. The standard InChI is InChI=1S/C8H10OS.C5H3F9O2S.C3H4F4O2S/c1-7-3-5-8(6-4-7)10(2)9;1-17(15,16)5(13,14)3(8,9)2(6,7)4(10,11)12;1-10(8,9)3(6,7)2(4)5/h3-6H,1-2H3;1H3;2H,1H3. The van der Waals surface area contributed by atoms with Gasteiger partial charge in [-0.2, -0.15) is 48.3 Å². The molecule has 1 atom stereocenters. The maximum absolute atomic E-state index is 12.4. The highest BCUT2D eigenvalue weighted by Gasteiger charge is 2.84. The highest BCUT2D eigenvalue weighted by molar-refractivity contribution is 7.92. The first-order valence-electron chi connectivity index (χ1n) is 8.55. The molecule has 1 aromatic carbocycles. The van der Waals surface area contributed by atoms with Crippen molar-refractivity contribution in [1.29, 1.82) is 0 Å². The maximum Gasteiger partial charge on any atom is 0.460 e. The van der Waals surface area contributed by atoms with Crippen molar-refractivity contribution in [3.8, 4) is 0 Å². The van der Waals surface area contributed by atoms with E-state index < -0.39 is 71.7 Å². The molecule has 0 bridgehead atoms. The Morgan fingerprint density at radius 1 is 0.703 bits per heavy atom. The Morgan fingerprint density at radius 3 is 1.24 bits per heavy atom. The van der Waals surface area contributed by atoms with E-state index in [9.17, 15) is 78.1 Å². The van der Waals surface area contributed by atoms with Gasteiger partial charge >= 0.3 is 35.0 Å². The van der Waals surface area contributed by atoms with Crippen LogP contribution in [-0.2, 0) is 30.5 Å². The molecule has 1 unspecified atom stereocenters. The summed E-state index contributed by atoms with van der Waals surface area (Å²) in [5.74, 6) is -14.3. The van der Waals surface area contributed by atoms with Crippen LogP contribution in [0.5, 0.6) is 0 Å². The zero-order valence-corrected chi connectivity index (χ0v) is 21.0. The molecule has 0 N–H and O–H groups in total. The smallest absolute Gasteiger partial charge is 0.255 e. The predicted octanol–water partition coefficient (Wildman–Crippen LogP) is 5.08. The van der Waals surface area contributed by atoms with Gasteiger partial charge in [-0.15, -0.1) is 0 Å². The van der Waals surface area contributed by atoms with Crippen molar-refractivity contribution in [1.82, 2.24) is 0 Å². The van der Waals surface area contributed by atoms with Crippen molar-refractivity contribution in [3.05, 3.63) is 29.8 Å². The molecule has 0 saturated carbocycles. The molecule has 0 amide bonds. The van der Waals surface area contributed by atoms with Crippen LogP contribution in [0.3, 0.4) is 0 Å². The highest BCUT2D eigenvalue weighted by atomic mass is 32.2. The summed E-state index contributed by atoms with van der Waals surface area (Å²) in [6.45, 7) is 2.02. The van der Waals surface area contributed by atoms with Gasteiger partial charge in [0, 0.05) is 34.5 Å². The van der Waals surface area contributed by atoms with Gasteiger partial charge in [0.25, 0.3) is 0 Å². The van der Waals surface area contributed by atoms with E-state index in [1.807, 2.05) is 31.2 Å². The topological polar surface area (TPSA) is 85.3 Å². The second-order valence-corrected chi connectivity index (χ2v) is 12.4. The average molecular weight is 632 g/mol. The molecule has 37 heavy (non-hydrogen) atoms. The zero-order chi connectivity index (χ0) is 30.6. The molecule has 0 aromatic heterocycles. The first kappa shape index (κ1) is 37.5. The fraction of sp³-hybridized carbons (Fsp3) is 0.625. The van der Waals surface area contributed by atoms with E-state index in [-0.39, 0.29) is 6.26 Å². The fourth-order valence-electron chi connectivity index (χ4n) is 1.49. The molecule has 0 aliphatic heterocycles. The number of aryl methyl sites for hydroxylation is 1. The van der Waals surface area contributed by atoms with Crippen LogP contribution < -0.4 is 0 Å². The predicted molar refractivity (Wildman–Crippen MR) is 105 cm³/mol. The zero-order valence-electron chi connectivity index (χ0n) is 18.6. The quantitative estimate of drug-likeness (QED) is 0.409. The molecular weight excluding hydrogens is 615 g/mol. The van der Waals surface area contributed by atoms with Crippen LogP contribution >= 0.6 is 0 Å². The minimum atomic E-state index is -7.19. The van der Waals surface area contributed by atoms with E-state index in [1.54, 1.807) is 6.26 Å². The summed E-state index contributed by atoms with van der Waals surface area (Å²) in [6, 6.07) is 7.73. The lowest BCUT2D eigenvalue weighted by Crippen LogP contribution is -2.63. The molecule has 0 heterocycles. The van der Waals surface area contributed by atoms with E-state index >= 15 is 0 Å². The Hall–Kier alpha value is -1.64. The van der Waals surface area contributed by atoms with Gasteiger partial charge < -0.3 is 0 Å². The number of hydrogen-bond donors (Lipinski definition) is 0. The first-order valence-corrected chi connectivity index (χ1v) is 13.9.